The summed E-state index contributed by atoms with van der Waals surface area (Å²) in [5.74, 6) is 0.196. The Balaban J connectivity index is 1.66. The standard InChI is InChI=1S/C15H21N7O3/c1-10-14(22(24)25)15(20(2)19-10)18-12-7-16-21(8-12)9-13(23)17-11-5-3-4-6-11/h7-8,11,18H,3-6,9H2,1-2H3,(H,17,23). The number of aryl methyl sites for hydroxylation is 2. The largest absolute Gasteiger partial charge is 0.352 e. The molecule has 0 aliphatic heterocycles. The summed E-state index contributed by atoms with van der Waals surface area (Å²) in [5, 5.41) is 25.3. The smallest absolute Gasteiger partial charge is 0.334 e. The molecule has 1 aliphatic carbocycles. The molecule has 10 heteroatoms. The Bertz CT molecular complexity index is 789. The summed E-state index contributed by atoms with van der Waals surface area (Å²) in [7, 11) is 1.63. The lowest BCUT2D eigenvalue weighted by Gasteiger charge is -2.11. The molecule has 2 N–H and O–H groups in total. The molecule has 2 heterocycles. The zero-order valence-corrected chi connectivity index (χ0v) is 14.2. The average Bonchev–Trinajstić information content (AvgIpc) is 3.23. The van der Waals surface area contributed by atoms with E-state index in [1.54, 1.807) is 20.2 Å². The van der Waals surface area contributed by atoms with E-state index in [4.69, 9.17) is 0 Å². The first-order valence-corrected chi connectivity index (χ1v) is 8.21. The zero-order valence-electron chi connectivity index (χ0n) is 14.2. The summed E-state index contributed by atoms with van der Waals surface area (Å²) < 4.78 is 2.92. The summed E-state index contributed by atoms with van der Waals surface area (Å²) in [6.07, 6.45) is 7.53. The number of rotatable bonds is 6. The molecule has 0 aromatic carbocycles. The van der Waals surface area contributed by atoms with Gasteiger partial charge in [-0.3, -0.25) is 19.6 Å². The van der Waals surface area contributed by atoms with Crippen LogP contribution in [-0.4, -0.2) is 36.4 Å². The fourth-order valence-electron chi connectivity index (χ4n) is 3.15. The number of hydrogen-bond acceptors (Lipinski definition) is 6. The van der Waals surface area contributed by atoms with Crippen LogP contribution in [0, 0.1) is 17.0 Å². The van der Waals surface area contributed by atoms with Crippen LogP contribution in [0.5, 0.6) is 0 Å². The second-order valence-corrected chi connectivity index (χ2v) is 6.26. The minimum atomic E-state index is -0.468. The fourth-order valence-corrected chi connectivity index (χ4v) is 3.15. The number of carbonyl (C=O) groups is 1. The Morgan fingerprint density at radius 1 is 1.44 bits per heavy atom. The minimum absolute atomic E-state index is 0.0748. The van der Waals surface area contributed by atoms with E-state index in [2.05, 4.69) is 20.8 Å². The number of carbonyl (C=O) groups excluding carboxylic acids is 1. The van der Waals surface area contributed by atoms with Crippen molar-refractivity contribution in [3.8, 4) is 0 Å². The molecule has 0 bridgehead atoms. The third-order valence-electron chi connectivity index (χ3n) is 4.30. The van der Waals surface area contributed by atoms with E-state index in [1.165, 1.54) is 15.6 Å². The van der Waals surface area contributed by atoms with Crippen LogP contribution in [0.25, 0.3) is 0 Å². The van der Waals surface area contributed by atoms with Gasteiger partial charge in [0.2, 0.25) is 11.7 Å². The van der Waals surface area contributed by atoms with Crippen molar-refractivity contribution in [3.63, 3.8) is 0 Å². The van der Waals surface area contributed by atoms with Gasteiger partial charge in [-0.1, -0.05) is 12.8 Å². The molecule has 0 radical (unpaired) electrons. The lowest BCUT2D eigenvalue weighted by atomic mass is 10.2. The van der Waals surface area contributed by atoms with Crippen molar-refractivity contribution in [2.45, 2.75) is 45.2 Å². The number of nitrogens with zero attached hydrogens (tertiary/aromatic N) is 5. The topological polar surface area (TPSA) is 120 Å². The van der Waals surface area contributed by atoms with Crippen LogP contribution in [0.2, 0.25) is 0 Å². The van der Waals surface area contributed by atoms with E-state index >= 15 is 0 Å². The summed E-state index contributed by atoms with van der Waals surface area (Å²) >= 11 is 0. The van der Waals surface area contributed by atoms with Gasteiger partial charge < -0.3 is 10.6 Å². The second-order valence-electron chi connectivity index (χ2n) is 6.26. The molecule has 3 rings (SSSR count). The predicted octanol–water partition coefficient (Wildman–Crippen LogP) is 1.64. The maximum Gasteiger partial charge on any atom is 0.334 e. The zero-order chi connectivity index (χ0) is 18.0. The highest BCUT2D eigenvalue weighted by atomic mass is 16.6. The fraction of sp³-hybridized carbons (Fsp3) is 0.533. The highest BCUT2D eigenvalue weighted by Crippen LogP contribution is 2.29. The summed E-state index contributed by atoms with van der Waals surface area (Å²) in [6.45, 7) is 1.70. The van der Waals surface area contributed by atoms with Gasteiger partial charge in [0.15, 0.2) is 0 Å². The first-order valence-electron chi connectivity index (χ1n) is 8.21. The van der Waals surface area contributed by atoms with Crippen LogP contribution < -0.4 is 10.6 Å². The van der Waals surface area contributed by atoms with Crippen molar-refractivity contribution in [1.29, 1.82) is 0 Å². The molecule has 0 spiro atoms. The van der Waals surface area contributed by atoms with Gasteiger partial charge in [0.05, 0.1) is 16.8 Å². The Labute approximate surface area is 144 Å². The molecule has 2 aromatic rings. The number of amides is 1. The van der Waals surface area contributed by atoms with Crippen LogP contribution in [0.4, 0.5) is 17.2 Å². The van der Waals surface area contributed by atoms with E-state index in [-0.39, 0.29) is 30.0 Å². The van der Waals surface area contributed by atoms with Crippen LogP contribution in [0.3, 0.4) is 0 Å². The van der Waals surface area contributed by atoms with E-state index in [9.17, 15) is 14.9 Å². The van der Waals surface area contributed by atoms with Gasteiger partial charge in [-0.25, -0.2) is 4.68 Å². The quantitative estimate of drug-likeness (QED) is 0.605. The van der Waals surface area contributed by atoms with Crippen LogP contribution in [0.1, 0.15) is 31.4 Å². The molecule has 134 valence electrons. The molecule has 1 amide bonds. The molecule has 1 aliphatic rings. The van der Waals surface area contributed by atoms with E-state index in [0.717, 1.165) is 25.7 Å². The van der Waals surface area contributed by atoms with Crippen LogP contribution in [0.15, 0.2) is 12.4 Å². The van der Waals surface area contributed by atoms with Gasteiger partial charge in [-0.2, -0.15) is 10.2 Å². The normalized spacial score (nSPS) is 14.6. The monoisotopic (exact) mass is 347 g/mol. The molecule has 1 saturated carbocycles. The summed E-state index contributed by atoms with van der Waals surface area (Å²) in [4.78, 5) is 22.8. The van der Waals surface area contributed by atoms with Gasteiger partial charge in [0.1, 0.15) is 12.2 Å². The van der Waals surface area contributed by atoms with Gasteiger partial charge >= 0.3 is 5.69 Å². The molecule has 25 heavy (non-hydrogen) atoms. The minimum Gasteiger partial charge on any atom is -0.352 e. The molecular weight excluding hydrogens is 326 g/mol. The van der Waals surface area contributed by atoms with E-state index in [0.29, 0.717) is 11.4 Å². The highest BCUT2D eigenvalue weighted by Gasteiger charge is 2.24. The number of aromatic nitrogens is 4. The first kappa shape index (κ1) is 16.9. The third-order valence-corrected chi connectivity index (χ3v) is 4.30. The van der Waals surface area contributed by atoms with Crippen molar-refractivity contribution in [3.05, 3.63) is 28.2 Å². The Morgan fingerprint density at radius 3 is 2.84 bits per heavy atom. The second kappa shape index (κ2) is 6.91. The first-order chi connectivity index (χ1) is 11.9. The van der Waals surface area contributed by atoms with Gasteiger partial charge in [-0.05, 0) is 19.8 Å². The van der Waals surface area contributed by atoms with Crippen molar-refractivity contribution < 1.29 is 9.72 Å². The molecule has 0 atom stereocenters. The van der Waals surface area contributed by atoms with Crippen LogP contribution >= 0.6 is 0 Å². The molecule has 0 saturated heterocycles. The van der Waals surface area contributed by atoms with Crippen molar-refractivity contribution >= 4 is 23.1 Å². The molecule has 0 unspecified atom stereocenters. The predicted molar refractivity (Wildman–Crippen MR) is 90.5 cm³/mol. The Kier molecular flexibility index (Phi) is 4.68. The highest BCUT2D eigenvalue weighted by molar-refractivity contribution is 5.76. The van der Waals surface area contributed by atoms with Crippen molar-refractivity contribution in [2.75, 3.05) is 5.32 Å². The van der Waals surface area contributed by atoms with E-state index in [1.807, 2.05) is 0 Å². The number of anilines is 2. The molecular formula is C15H21N7O3. The number of hydrogen-bond donors (Lipinski definition) is 2. The van der Waals surface area contributed by atoms with Crippen molar-refractivity contribution in [2.24, 2.45) is 7.05 Å². The van der Waals surface area contributed by atoms with E-state index < -0.39 is 4.92 Å². The molecule has 10 nitrogen and oxygen atoms in total. The Morgan fingerprint density at radius 2 is 2.16 bits per heavy atom. The number of nitro groups is 1. The summed E-state index contributed by atoms with van der Waals surface area (Å²) in [6, 6.07) is 0.265. The SMILES string of the molecule is Cc1nn(C)c(Nc2cnn(CC(=O)NC3CCCC3)c2)c1[N+](=O)[O-]. The van der Waals surface area contributed by atoms with Gasteiger partial charge in [0, 0.05) is 19.3 Å². The van der Waals surface area contributed by atoms with Gasteiger partial charge in [-0.15, -0.1) is 0 Å². The number of nitrogens with one attached hydrogen (secondary N) is 2. The Hall–Kier alpha value is -2.91. The third kappa shape index (κ3) is 3.78. The maximum atomic E-state index is 12.0. The average molecular weight is 347 g/mol. The lowest BCUT2D eigenvalue weighted by Crippen LogP contribution is -2.35. The lowest BCUT2D eigenvalue weighted by molar-refractivity contribution is -0.384. The van der Waals surface area contributed by atoms with Gasteiger partial charge in [0.25, 0.3) is 0 Å². The maximum absolute atomic E-state index is 12.0. The molecule has 1 fully saturated rings. The van der Waals surface area contributed by atoms with Crippen LogP contribution in [-0.2, 0) is 18.4 Å². The van der Waals surface area contributed by atoms with Crippen molar-refractivity contribution in [1.82, 2.24) is 24.9 Å². The molecule has 2 aromatic heterocycles. The summed E-state index contributed by atoms with van der Waals surface area (Å²) in [5.41, 5.74) is 0.812.